The summed E-state index contributed by atoms with van der Waals surface area (Å²) in [5.74, 6) is 0.815. The molecule has 0 aromatic carbocycles. The van der Waals surface area contributed by atoms with Gasteiger partial charge in [0.25, 0.3) is 0 Å². The number of pyridine rings is 1. The highest BCUT2D eigenvalue weighted by Crippen LogP contribution is 2.23. The zero-order valence-corrected chi connectivity index (χ0v) is 12.8. The van der Waals surface area contributed by atoms with E-state index in [2.05, 4.69) is 22.1 Å². The van der Waals surface area contributed by atoms with Crippen LogP contribution >= 0.6 is 23.2 Å². The van der Waals surface area contributed by atoms with Gasteiger partial charge in [0, 0.05) is 23.3 Å². The fourth-order valence-electron chi connectivity index (χ4n) is 2.49. The maximum Gasteiger partial charge on any atom is 0.130 e. The van der Waals surface area contributed by atoms with Gasteiger partial charge in [-0.15, -0.1) is 0 Å². The van der Waals surface area contributed by atoms with Gasteiger partial charge >= 0.3 is 0 Å². The summed E-state index contributed by atoms with van der Waals surface area (Å²) in [6, 6.07) is 1.72. The van der Waals surface area contributed by atoms with Crippen molar-refractivity contribution in [3.63, 3.8) is 0 Å². The van der Waals surface area contributed by atoms with E-state index in [1.807, 2.05) is 0 Å². The zero-order chi connectivity index (χ0) is 13.7. The topological polar surface area (TPSA) is 28.2 Å². The minimum atomic E-state index is 0.457. The average Bonchev–Trinajstić information content (AvgIpc) is 2.41. The Hall–Kier alpha value is -0.350. The molecule has 1 saturated heterocycles. The number of rotatable bonds is 5. The molecule has 0 saturated carbocycles. The van der Waals surface area contributed by atoms with E-state index < -0.39 is 0 Å². The van der Waals surface area contributed by atoms with Crippen molar-refractivity contribution in [3.8, 4) is 0 Å². The summed E-state index contributed by atoms with van der Waals surface area (Å²) in [4.78, 5) is 6.55. The van der Waals surface area contributed by atoms with Crippen molar-refractivity contribution in [3.05, 3.63) is 28.0 Å². The highest BCUT2D eigenvalue weighted by atomic mass is 35.5. The molecule has 1 aliphatic rings. The van der Waals surface area contributed by atoms with Gasteiger partial charge in [-0.25, -0.2) is 4.98 Å². The molecule has 1 aromatic heterocycles. The molecule has 0 unspecified atom stereocenters. The van der Waals surface area contributed by atoms with E-state index >= 15 is 0 Å². The van der Waals surface area contributed by atoms with E-state index in [9.17, 15) is 0 Å². The number of halogens is 2. The molecule has 0 amide bonds. The van der Waals surface area contributed by atoms with Gasteiger partial charge in [-0.05, 0) is 51.0 Å². The predicted molar refractivity (Wildman–Crippen MR) is 80.8 cm³/mol. The first-order valence-corrected chi connectivity index (χ1v) is 7.67. The van der Waals surface area contributed by atoms with Crippen molar-refractivity contribution >= 4 is 23.2 Å². The molecule has 1 aromatic rings. The number of hydrogen-bond acceptors (Lipinski definition) is 3. The quantitative estimate of drug-likeness (QED) is 0.847. The Morgan fingerprint density at radius 2 is 2.11 bits per heavy atom. The van der Waals surface area contributed by atoms with Gasteiger partial charge < -0.3 is 5.32 Å². The third kappa shape index (κ3) is 4.60. The second-order valence-electron chi connectivity index (χ2n) is 5.13. The monoisotopic (exact) mass is 301 g/mol. The molecule has 106 valence electrons. The number of aromatic nitrogens is 1. The van der Waals surface area contributed by atoms with E-state index in [1.165, 1.54) is 12.8 Å². The summed E-state index contributed by atoms with van der Waals surface area (Å²) in [5.41, 5.74) is 1.07. The Morgan fingerprint density at radius 1 is 1.37 bits per heavy atom. The Kier molecular flexibility index (Phi) is 5.89. The summed E-state index contributed by atoms with van der Waals surface area (Å²) < 4.78 is 0. The van der Waals surface area contributed by atoms with Crippen molar-refractivity contribution < 1.29 is 0 Å². The highest BCUT2D eigenvalue weighted by Gasteiger charge is 2.19. The van der Waals surface area contributed by atoms with Gasteiger partial charge in [0.05, 0.1) is 0 Å². The lowest BCUT2D eigenvalue weighted by atomic mass is 9.96. The summed E-state index contributed by atoms with van der Waals surface area (Å²) >= 11 is 12.0. The van der Waals surface area contributed by atoms with Crippen molar-refractivity contribution in [1.29, 1.82) is 0 Å². The van der Waals surface area contributed by atoms with E-state index in [4.69, 9.17) is 23.2 Å². The van der Waals surface area contributed by atoms with Crippen LogP contribution < -0.4 is 5.32 Å². The van der Waals surface area contributed by atoms with Crippen molar-refractivity contribution in [1.82, 2.24) is 15.2 Å². The molecule has 3 nitrogen and oxygen atoms in total. The summed E-state index contributed by atoms with van der Waals surface area (Å²) in [6.45, 7) is 7.51. The molecule has 1 aliphatic heterocycles. The third-order valence-corrected chi connectivity index (χ3v) is 4.24. The van der Waals surface area contributed by atoms with Gasteiger partial charge in [0.15, 0.2) is 0 Å². The van der Waals surface area contributed by atoms with Crippen molar-refractivity contribution in [2.75, 3.05) is 26.2 Å². The molecule has 2 rings (SSSR count). The smallest absolute Gasteiger partial charge is 0.130 e. The Morgan fingerprint density at radius 3 is 2.74 bits per heavy atom. The van der Waals surface area contributed by atoms with Gasteiger partial charge in [-0.3, -0.25) is 4.90 Å². The average molecular weight is 302 g/mol. The standard InChI is InChI=1S/C14H21Cl2N3/c1-2-17-8-11-3-5-19(6-4-11)10-12-9-18-14(16)7-13(12)15/h7,9,11,17H,2-6,8,10H2,1H3. The van der Waals surface area contributed by atoms with Gasteiger partial charge in [0.2, 0.25) is 0 Å². The SMILES string of the molecule is CCNCC1CCN(Cc2cnc(Cl)cc2Cl)CC1. The molecule has 0 atom stereocenters. The fraction of sp³-hybridized carbons (Fsp3) is 0.643. The summed E-state index contributed by atoms with van der Waals surface area (Å²) in [6.07, 6.45) is 4.30. The third-order valence-electron chi connectivity index (χ3n) is 3.68. The fourth-order valence-corrected chi connectivity index (χ4v) is 2.92. The van der Waals surface area contributed by atoms with Gasteiger partial charge in [0.1, 0.15) is 5.15 Å². The maximum atomic E-state index is 6.18. The number of nitrogens with zero attached hydrogens (tertiary/aromatic N) is 2. The van der Waals surface area contributed by atoms with Gasteiger partial charge in [-0.2, -0.15) is 0 Å². The first-order chi connectivity index (χ1) is 9.19. The number of nitrogens with one attached hydrogen (secondary N) is 1. The number of piperidine rings is 1. The second-order valence-corrected chi connectivity index (χ2v) is 5.92. The molecule has 0 spiro atoms. The molecule has 2 heterocycles. The lowest BCUT2D eigenvalue weighted by molar-refractivity contribution is 0.176. The van der Waals surface area contributed by atoms with Crippen LogP contribution in [0.15, 0.2) is 12.3 Å². The number of hydrogen-bond donors (Lipinski definition) is 1. The van der Waals surface area contributed by atoms with Crippen LogP contribution in [0.25, 0.3) is 0 Å². The minimum absolute atomic E-state index is 0.457. The molecule has 0 bridgehead atoms. The van der Waals surface area contributed by atoms with E-state index in [0.29, 0.717) is 5.15 Å². The molecule has 0 radical (unpaired) electrons. The van der Waals surface area contributed by atoms with Crippen LogP contribution in [-0.2, 0) is 6.54 Å². The van der Waals surface area contributed by atoms with Crippen LogP contribution in [0, 0.1) is 5.92 Å². The largest absolute Gasteiger partial charge is 0.317 e. The lowest BCUT2D eigenvalue weighted by Crippen LogP contribution is -2.36. The predicted octanol–water partition coefficient (Wildman–Crippen LogP) is 3.21. The van der Waals surface area contributed by atoms with Crippen LogP contribution in [0.4, 0.5) is 0 Å². The Bertz CT molecular complexity index is 404. The first-order valence-electron chi connectivity index (χ1n) is 6.92. The van der Waals surface area contributed by atoms with Crippen LogP contribution in [0.3, 0.4) is 0 Å². The maximum absolute atomic E-state index is 6.18. The molecular weight excluding hydrogens is 281 g/mol. The molecule has 1 N–H and O–H groups in total. The minimum Gasteiger partial charge on any atom is -0.317 e. The van der Waals surface area contributed by atoms with Crippen LogP contribution in [0.2, 0.25) is 10.2 Å². The molecule has 1 fully saturated rings. The van der Waals surface area contributed by atoms with E-state index in [1.54, 1.807) is 12.3 Å². The normalized spacial score (nSPS) is 17.8. The molecule has 5 heteroatoms. The molecular formula is C14H21Cl2N3. The van der Waals surface area contributed by atoms with Crippen LogP contribution in [-0.4, -0.2) is 36.1 Å². The highest BCUT2D eigenvalue weighted by molar-refractivity contribution is 6.34. The molecule has 19 heavy (non-hydrogen) atoms. The van der Waals surface area contributed by atoms with Crippen LogP contribution in [0.1, 0.15) is 25.3 Å². The summed E-state index contributed by atoms with van der Waals surface area (Å²) in [7, 11) is 0. The van der Waals surface area contributed by atoms with Crippen molar-refractivity contribution in [2.45, 2.75) is 26.3 Å². The Labute approximate surface area is 125 Å². The second kappa shape index (κ2) is 7.44. The lowest BCUT2D eigenvalue weighted by Gasteiger charge is -2.32. The summed E-state index contributed by atoms with van der Waals surface area (Å²) in [5, 5.41) is 4.61. The van der Waals surface area contributed by atoms with Crippen molar-refractivity contribution in [2.24, 2.45) is 5.92 Å². The van der Waals surface area contributed by atoms with E-state index in [-0.39, 0.29) is 0 Å². The van der Waals surface area contributed by atoms with E-state index in [0.717, 1.165) is 49.2 Å². The Balaban J connectivity index is 1.82. The van der Waals surface area contributed by atoms with Gasteiger partial charge in [-0.1, -0.05) is 30.1 Å². The first kappa shape index (κ1) is 15.0. The zero-order valence-electron chi connectivity index (χ0n) is 11.3. The van der Waals surface area contributed by atoms with Crippen LogP contribution in [0.5, 0.6) is 0 Å². The molecule has 0 aliphatic carbocycles. The number of likely N-dealkylation sites (tertiary alicyclic amines) is 1.